The predicted octanol–water partition coefficient (Wildman–Crippen LogP) is 1.99. The summed E-state index contributed by atoms with van der Waals surface area (Å²) in [7, 11) is 0. The Kier molecular flexibility index (Phi) is 5.18. The second-order valence-electron chi connectivity index (χ2n) is 5.58. The summed E-state index contributed by atoms with van der Waals surface area (Å²) < 4.78 is 5.38. The second kappa shape index (κ2) is 7.70. The first-order chi connectivity index (χ1) is 11.7. The molecule has 2 aromatic rings. The van der Waals surface area contributed by atoms with Crippen molar-refractivity contribution in [3.8, 4) is 0 Å². The van der Waals surface area contributed by atoms with E-state index in [1.165, 1.54) is 5.69 Å². The van der Waals surface area contributed by atoms with Gasteiger partial charge in [0.25, 0.3) is 5.91 Å². The van der Waals surface area contributed by atoms with Crippen molar-refractivity contribution in [1.29, 1.82) is 0 Å². The van der Waals surface area contributed by atoms with E-state index in [-0.39, 0.29) is 5.91 Å². The molecule has 1 saturated heterocycles. The average molecular weight is 324 g/mol. The second-order valence-corrected chi connectivity index (χ2v) is 5.58. The fraction of sp³-hybridized carbons (Fsp3) is 0.278. The number of nitrogens with one attached hydrogen (secondary N) is 1. The summed E-state index contributed by atoms with van der Waals surface area (Å²) in [5.41, 5.74) is 6.33. The molecule has 1 N–H and O–H groups in total. The number of benzene rings is 1. The number of hydrogen-bond donors (Lipinski definition) is 1. The average Bonchev–Trinajstić information content (AvgIpc) is 2.64. The van der Waals surface area contributed by atoms with Gasteiger partial charge in [0.15, 0.2) is 0 Å². The lowest BCUT2D eigenvalue weighted by Gasteiger charge is -2.29. The molecule has 0 aliphatic carbocycles. The fourth-order valence-corrected chi connectivity index (χ4v) is 2.55. The summed E-state index contributed by atoms with van der Waals surface area (Å²) in [5, 5.41) is 4.04. The Morgan fingerprint density at radius 2 is 2.00 bits per heavy atom. The molecule has 2 heterocycles. The van der Waals surface area contributed by atoms with Crippen molar-refractivity contribution >= 4 is 17.8 Å². The van der Waals surface area contributed by atoms with E-state index in [0.717, 1.165) is 37.4 Å². The molecule has 3 rings (SSSR count). The lowest BCUT2D eigenvalue weighted by Crippen LogP contribution is -2.36. The molecule has 0 atom stereocenters. The number of anilines is 1. The first-order valence-electron chi connectivity index (χ1n) is 7.91. The van der Waals surface area contributed by atoms with Crippen molar-refractivity contribution in [3.05, 3.63) is 59.4 Å². The maximum atomic E-state index is 11.9. The molecule has 24 heavy (non-hydrogen) atoms. The van der Waals surface area contributed by atoms with Crippen LogP contribution in [0, 0.1) is 6.92 Å². The van der Waals surface area contributed by atoms with Crippen LogP contribution in [0.1, 0.15) is 21.5 Å². The number of ether oxygens (including phenoxy) is 1. The maximum absolute atomic E-state index is 11.9. The summed E-state index contributed by atoms with van der Waals surface area (Å²) >= 11 is 0. The monoisotopic (exact) mass is 324 g/mol. The standard InChI is InChI=1S/C18H20N4O2/c1-14-12-17(22-8-10-24-11-9-22)3-2-16(14)13-20-21-18(23)15-4-6-19-7-5-15/h2-7,12-13H,8-11H2,1H3,(H,21,23)/b20-13-. The van der Waals surface area contributed by atoms with Gasteiger partial charge in [-0.25, -0.2) is 5.43 Å². The van der Waals surface area contributed by atoms with Crippen molar-refractivity contribution in [2.24, 2.45) is 5.10 Å². The van der Waals surface area contributed by atoms with Crippen molar-refractivity contribution < 1.29 is 9.53 Å². The Morgan fingerprint density at radius 3 is 2.71 bits per heavy atom. The Bertz CT molecular complexity index is 725. The number of carbonyl (C=O) groups is 1. The minimum absolute atomic E-state index is 0.253. The van der Waals surface area contributed by atoms with Crippen LogP contribution in [-0.2, 0) is 4.74 Å². The normalized spacial score (nSPS) is 14.8. The van der Waals surface area contributed by atoms with Crippen molar-refractivity contribution in [1.82, 2.24) is 10.4 Å². The molecule has 1 aromatic carbocycles. The van der Waals surface area contributed by atoms with Crippen LogP contribution in [0.5, 0.6) is 0 Å². The molecule has 0 spiro atoms. The predicted molar refractivity (Wildman–Crippen MR) is 93.5 cm³/mol. The van der Waals surface area contributed by atoms with Crippen LogP contribution in [0.4, 0.5) is 5.69 Å². The number of pyridine rings is 1. The highest BCUT2D eigenvalue weighted by molar-refractivity contribution is 5.94. The van der Waals surface area contributed by atoms with Gasteiger partial charge in [-0.1, -0.05) is 6.07 Å². The van der Waals surface area contributed by atoms with Gasteiger partial charge >= 0.3 is 0 Å². The van der Waals surface area contributed by atoms with E-state index >= 15 is 0 Å². The molecule has 0 bridgehead atoms. The van der Waals surface area contributed by atoms with Gasteiger partial charge in [0.2, 0.25) is 0 Å². The lowest BCUT2D eigenvalue weighted by molar-refractivity contribution is 0.0955. The van der Waals surface area contributed by atoms with Crippen LogP contribution >= 0.6 is 0 Å². The molecule has 0 saturated carbocycles. The van der Waals surface area contributed by atoms with Crippen LogP contribution in [0.25, 0.3) is 0 Å². The van der Waals surface area contributed by atoms with E-state index in [1.807, 2.05) is 13.0 Å². The van der Waals surface area contributed by atoms with E-state index in [4.69, 9.17) is 4.74 Å². The minimum atomic E-state index is -0.253. The van der Waals surface area contributed by atoms with Crippen molar-refractivity contribution in [2.75, 3.05) is 31.2 Å². The third kappa shape index (κ3) is 3.97. The number of morpholine rings is 1. The molecule has 0 radical (unpaired) electrons. The zero-order valence-corrected chi connectivity index (χ0v) is 13.6. The molecule has 1 aliphatic heterocycles. The minimum Gasteiger partial charge on any atom is -0.378 e. The number of aromatic nitrogens is 1. The molecular weight excluding hydrogens is 304 g/mol. The number of aryl methyl sites for hydroxylation is 1. The van der Waals surface area contributed by atoms with Gasteiger partial charge < -0.3 is 9.64 Å². The van der Waals surface area contributed by atoms with Gasteiger partial charge in [-0.05, 0) is 42.3 Å². The highest BCUT2D eigenvalue weighted by Crippen LogP contribution is 2.19. The first-order valence-corrected chi connectivity index (χ1v) is 7.91. The summed E-state index contributed by atoms with van der Waals surface area (Å²) in [4.78, 5) is 18.1. The third-order valence-corrected chi connectivity index (χ3v) is 3.94. The van der Waals surface area contributed by atoms with E-state index in [0.29, 0.717) is 5.56 Å². The van der Waals surface area contributed by atoms with Crippen LogP contribution in [0.15, 0.2) is 47.8 Å². The molecule has 0 unspecified atom stereocenters. The van der Waals surface area contributed by atoms with E-state index in [2.05, 4.69) is 32.5 Å². The zero-order chi connectivity index (χ0) is 16.8. The zero-order valence-electron chi connectivity index (χ0n) is 13.6. The Morgan fingerprint density at radius 1 is 1.25 bits per heavy atom. The first kappa shape index (κ1) is 16.1. The summed E-state index contributed by atoms with van der Waals surface area (Å²) in [6.07, 6.45) is 4.82. The number of amides is 1. The van der Waals surface area contributed by atoms with Gasteiger partial charge in [0, 0.05) is 36.7 Å². The van der Waals surface area contributed by atoms with Crippen LogP contribution in [0.3, 0.4) is 0 Å². The van der Waals surface area contributed by atoms with E-state index in [9.17, 15) is 4.79 Å². The van der Waals surface area contributed by atoms with Crippen LogP contribution in [0.2, 0.25) is 0 Å². The van der Waals surface area contributed by atoms with E-state index in [1.54, 1.807) is 30.7 Å². The molecule has 1 aromatic heterocycles. The van der Waals surface area contributed by atoms with Gasteiger partial charge in [0.05, 0.1) is 19.4 Å². The van der Waals surface area contributed by atoms with Gasteiger partial charge in [-0.15, -0.1) is 0 Å². The lowest BCUT2D eigenvalue weighted by atomic mass is 10.1. The summed E-state index contributed by atoms with van der Waals surface area (Å²) in [5.74, 6) is -0.253. The quantitative estimate of drug-likeness (QED) is 0.690. The molecule has 6 heteroatoms. The van der Waals surface area contributed by atoms with E-state index < -0.39 is 0 Å². The Hall–Kier alpha value is -2.73. The smallest absolute Gasteiger partial charge is 0.271 e. The number of carbonyl (C=O) groups excluding carboxylic acids is 1. The summed E-state index contributed by atoms with van der Waals surface area (Å²) in [6, 6.07) is 9.52. The van der Waals surface area contributed by atoms with Crippen molar-refractivity contribution in [3.63, 3.8) is 0 Å². The molecular formula is C18H20N4O2. The molecule has 1 aliphatic rings. The Labute approximate surface area is 141 Å². The topological polar surface area (TPSA) is 66.8 Å². The number of nitrogens with zero attached hydrogens (tertiary/aromatic N) is 3. The largest absolute Gasteiger partial charge is 0.378 e. The number of hydrogen-bond acceptors (Lipinski definition) is 5. The highest BCUT2D eigenvalue weighted by atomic mass is 16.5. The number of hydrazone groups is 1. The molecule has 1 fully saturated rings. The Balaban J connectivity index is 1.63. The highest BCUT2D eigenvalue weighted by Gasteiger charge is 2.11. The van der Waals surface area contributed by atoms with Gasteiger partial charge in [0.1, 0.15) is 0 Å². The van der Waals surface area contributed by atoms with Crippen LogP contribution < -0.4 is 10.3 Å². The molecule has 124 valence electrons. The molecule has 6 nitrogen and oxygen atoms in total. The van der Waals surface area contributed by atoms with Gasteiger partial charge in [-0.2, -0.15) is 5.10 Å². The summed E-state index contributed by atoms with van der Waals surface area (Å²) in [6.45, 7) is 5.40. The number of rotatable bonds is 4. The molecule has 1 amide bonds. The van der Waals surface area contributed by atoms with Crippen molar-refractivity contribution in [2.45, 2.75) is 6.92 Å². The fourth-order valence-electron chi connectivity index (χ4n) is 2.55. The third-order valence-electron chi connectivity index (χ3n) is 3.94. The maximum Gasteiger partial charge on any atom is 0.271 e. The SMILES string of the molecule is Cc1cc(N2CCOCC2)ccc1/C=N\NC(=O)c1ccncc1. The van der Waals surface area contributed by atoms with Crippen LogP contribution in [-0.4, -0.2) is 43.4 Å². The van der Waals surface area contributed by atoms with Gasteiger partial charge in [-0.3, -0.25) is 9.78 Å².